The molecule has 15 heavy (non-hydrogen) atoms. The van der Waals surface area contributed by atoms with Crippen LogP contribution in [0.3, 0.4) is 0 Å². The van der Waals surface area contributed by atoms with E-state index in [0.29, 0.717) is 5.88 Å². The zero-order chi connectivity index (χ0) is 10.7. The molecule has 0 amide bonds. The number of hydrogen-bond acceptors (Lipinski definition) is 2. The Morgan fingerprint density at radius 2 is 2.40 bits per heavy atom. The molecule has 1 fully saturated rings. The topological polar surface area (TPSA) is 21.1 Å². The van der Waals surface area contributed by atoms with Gasteiger partial charge in [-0.05, 0) is 19.4 Å². The van der Waals surface area contributed by atoms with Crippen molar-refractivity contribution in [1.29, 1.82) is 0 Å². The van der Waals surface area contributed by atoms with E-state index >= 15 is 0 Å². The van der Waals surface area contributed by atoms with E-state index in [1.165, 1.54) is 12.8 Å². The van der Waals surface area contributed by atoms with Crippen LogP contribution in [0.25, 0.3) is 0 Å². The first-order valence-corrected chi connectivity index (χ1v) is 6.17. The molecule has 0 saturated heterocycles. The summed E-state index contributed by atoms with van der Waals surface area (Å²) in [6.07, 6.45) is 6.47. The third-order valence-electron chi connectivity index (χ3n) is 3.03. The van der Waals surface area contributed by atoms with Crippen molar-refractivity contribution in [3.63, 3.8) is 0 Å². The van der Waals surface area contributed by atoms with Gasteiger partial charge in [0.15, 0.2) is 0 Å². The molecule has 1 heterocycles. The van der Waals surface area contributed by atoms with Gasteiger partial charge in [-0.3, -0.25) is 4.90 Å². The molecule has 0 aliphatic heterocycles. The van der Waals surface area contributed by atoms with E-state index < -0.39 is 0 Å². The SMILES string of the molecule is CCN(CCn1cncc1CCl)C1CC1. The summed E-state index contributed by atoms with van der Waals surface area (Å²) in [5, 5.41) is 0. The number of likely N-dealkylation sites (N-methyl/N-ethyl adjacent to an activating group) is 1. The lowest BCUT2D eigenvalue weighted by molar-refractivity contribution is 0.265. The van der Waals surface area contributed by atoms with E-state index in [4.69, 9.17) is 11.6 Å². The number of nitrogens with zero attached hydrogens (tertiary/aromatic N) is 3. The first kappa shape index (κ1) is 11.0. The van der Waals surface area contributed by atoms with Crippen molar-refractivity contribution < 1.29 is 0 Å². The van der Waals surface area contributed by atoms with Crippen molar-refractivity contribution in [3.8, 4) is 0 Å². The molecule has 1 saturated carbocycles. The van der Waals surface area contributed by atoms with Crippen LogP contribution < -0.4 is 0 Å². The molecule has 0 atom stereocenters. The van der Waals surface area contributed by atoms with Gasteiger partial charge in [0.2, 0.25) is 0 Å². The predicted octanol–water partition coefficient (Wildman–Crippen LogP) is 2.11. The fraction of sp³-hybridized carbons (Fsp3) is 0.727. The van der Waals surface area contributed by atoms with Crippen LogP contribution in [0.4, 0.5) is 0 Å². The summed E-state index contributed by atoms with van der Waals surface area (Å²) in [6.45, 7) is 5.50. The Morgan fingerprint density at radius 3 is 3.00 bits per heavy atom. The van der Waals surface area contributed by atoms with E-state index in [1.807, 2.05) is 12.5 Å². The van der Waals surface area contributed by atoms with Gasteiger partial charge in [-0.15, -0.1) is 11.6 Å². The summed E-state index contributed by atoms with van der Waals surface area (Å²) >= 11 is 5.82. The van der Waals surface area contributed by atoms with E-state index in [-0.39, 0.29) is 0 Å². The molecule has 84 valence electrons. The van der Waals surface area contributed by atoms with Crippen LogP contribution in [0.5, 0.6) is 0 Å². The van der Waals surface area contributed by atoms with Crippen LogP contribution >= 0.6 is 11.6 Å². The van der Waals surface area contributed by atoms with Gasteiger partial charge in [-0.1, -0.05) is 6.92 Å². The van der Waals surface area contributed by atoms with Gasteiger partial charge in [0.05, 0.1) is 17.9 Å². The highest BCUT2D eigenvalue weighted by Gasteiger charge is 2.27. The molecule has 2 rings (SSSR count). The van der Waals surface area contributed by atoms with Crippen LogP contribution in [0.2, 0.25) is 0 Å². The Hall–Kier alpha value is -0.540. The van der Waals surface area contributed by atoms with Crippen LogP contribution in [0.1, 0.15) is 25.5 Å². The molecule has 1 aliphatic rings. The minimum absolute atomic E-state index is 0.551. The zero-order valence-electron chi connectivity index (χ0n) is 9.19. The third kappa shape index (κ3) is 2.73. The van der Waals surface area contributed by atoms with E-state index in [9.17, 15) is 0 Å². The van der Waals surface area contributed by atoms with Crippen LogP contribution in [-0.4, -0.2) is 33.6 Å². The Kier molecular flexibility index (Phi) is 3.65. The maximum absolute atomic E-state index is 5.82. The summed E-state index contributed by atoms with van der Waals surface area (Å²) < 4.78 is 2.15. The number of hydrogen-bond donors (Lipinski definition) is 0. The average Bonchev–Trinajstić information content (AvgIpc) is 2.98. The highest BCUT2D eigenvalue weighted by atomic mass is 35.5. The summed E-state index contributed by atoms with van der Waals surface area (Å²) in [4.78, 5) is 6.66. The number of alkyl halides is 1. The number of halogens is 1. The van der Waals surface area contributed by atoms with E-state index in [2.05, 4.69) is 21.4 Å². The highest BCUT2D eigenvalue weighted by Crippen LogP contribution is 2.26. The van der Waals surface area contributed by atoms with Gasteiger partial charge in [0.1, 0.15) is 0 Å². The Bertz CT molecular complexity index is 307. The Balaban J connectivity index is 1.85. The van der Waals surface area contributed by atoms with Crippen molar-refractivity contribution >= 4 is 11.6 Å². The highest BCUT2D eigenvalue weighted by molar-refractivity contribution is 6.16. The molecular weight excluding hydrogens is 210 g/mol. The third-order valence-corrected chi connectivity index (χ3v) is 3.31. The maximum atomic E-state index is 5.82. The molecule has 0 unspecified atom stereocenters. The second kappa shape index (κ2) is 4.99. The van der Waals surface area contributed by atoms with Crippen molar-refractivity contribution in [3.05, 3.63) is 18.2 Å². The van der Waals surface area contributed by atoms with Gasteiger partial charge >= 0.3 is 0 Å². The van der Waals surface area contributed by atoms with E-state index in [0.717, 1.165) is 31.4 Å². The summed E-state index contributed by atoms with van der Waals surface area (Å²) in [5.41, 5.74) is 1.11. The van der Waals surface area contributed by atoms with Crippen molar-refractivity contribution in [2.75, 3.05) is 13.1 Å². The molecular formula is C11H18ClN3. The van der Waals surface area contributed by atoms with Gasteiger partial charge < -0.3 is 4.57 Å². The lowest BCUT2D eigenvalue weighted by Crippen LogP contribution is -2.29. The molecule has 0 aromatic carbocycles. The van der Waals surface area contributed by atoms with Crippen molar-refractivity contribution in [2.45, 2.75) is 38.2 Å². The fourth-order valence-corrected chi connectivity index (χ4v) is 2.16. The fourth-order valence-electron chi connectivity index (χ4n) is 1.94. The van der Waals surface area contributed by atoms with Gasteiger partial charge in [-0.25, -0.2) is 4.98 Å². The van der Waals surface area contributed by atoms with Gasteiger partial charge in [0.25, 0.3) is 0 Å². The minimum Gasteiger partial charge on any atom is -0.332 e. The monoisotopic (exact) mass is 227 g/mol. The first-order valence-electron chi connectivity index (χ1n) is 5.64. The Labute approximate surface area is 96.0 Å². The summed E-state index contributed by atoms with van der Waals surface area (Å²) in [5.74, 6) is 0.551. The average molecular weight is 228 g/mol. The molecule has 3 nitrogen and oxygen atoms in total. The molecule has 0 N–H and O–H groups in total. The summed E-state index contributed by atoms with van der Waals surface area (Å²) in [7, 11) is 0. The molecule has 4 heteroatoms. The van der Waals surface area contributed by atoms with Gasteiger partial charge in [0, 0.05) is 25.3 Å². The number of imidazole rings is 1. The largest absolute Gasteiger partial charge is 0.332 e. The van der Waals surface area contributed by atoms with Crippen LogP contribution in [0.15, 0.2) is 12.5 Å². The number of rotatable bonds is 6. The second-order valence-electron chi connectivity index (χ2n) is 4.07. The normalized spacial score (nSPS) is 16.2. The van der Waals surface area contributed by atoms with Crippen molar-refractivity contribution in [1.82, 2.24) is 14.5 Å². The zero-order valence-corrected chi connectivity index (χ0v) is 9.95. The smallest absolute Gasteiger partial charge is 0.0948 e. The lowest BCUT2D eigenvalue weighted by atomic mass is 10.4. The Morgan fingerprint density at radius 1 is 1.60 bits per heavy atom. The lowest BCUT2D eigenvalue weighted by Gasteiger charge is -2.20. The molecule has 1 aliphatic carbocycles. The molecule has 1 aromatic rings. The molecule has 0 radical (unpaired) electrons. The maximum Gasteiger partial charge on any atom is 0.0948 e. The summed E-state index contributed by atoms with van der Waals surface area (Å²) in [6, 6.07) is 0.845. The molecule has 1 aromatic heterocycles. The quantitative estimate of drug-likeness (QED) is 0.695. The second-order valence-corrected chi connectivity index (χ2v) is 4.34. The van der Waals surface area contributed by atoms with Crippen LogP contribution in [0, 0.1) is 0 Å². The standard InChI is InChI=1S/C11H18ClN3/c1-2-14(10-3-4-10)5-6-15-9-13-8-11(15)7-12/h8-10H,2-7H2,1H3. The van der Waals surface area contributed by atoms with Crippen LogP contribution in [-0.2, 0) is 12.4 Å². The molecule has 0 spiro atoms. The number of aromatic nitrogens is 2. The van der Waals surface area contributed by atoms with E-state index in [1.54, 1.807) is 0 Å². The van der Waals surface area contributed by atoms with Crippen molar-refractivity contribution in [2.24, 2.45) is 0 Å². The molecule has 0 bridgehead atoms. The first-order chi connectivity index (χ1) is 7.35. The van der Waals surface area contributed by atoms with Gasteiger partial charge in [-0.2, -0.15) is 0 Å². The predicted molar refractivity (Wildman–Crippen MR) is 62.1 cm³/mol. The minimum atomic E-state index is 0.551.